The molecular weight excluding hydrogens is 269 g/mol. The molecule has 2 N–H and O–H groups in total. The number of carbonyl (C=O) groups excluding carboxylic acids is 1. The lowest BCUT2D eigenvalue weighted by Gasteiger charge is -2.17. The molecule has 0 radical (unpaired) electrons. The second-order valence-electron chi connectivity index (χ2n) is 6.10. The van der Waals surface area contributed by atoms with Crippen molar-refractivity contribution in [3.63, 3.8) is 0 Å². The molecule has 1 rings (SSSR count). The predicted molar refractivity (Wildman–Crippen MR) is 80.9 cm³/mol. The SMILES string of the molecule is CC(C)(C)CC(=O)NCc1cc(C#CCCO)ccc1F. The van der Waals surface area contributed by atoms with Gasteiger partial charge in [-0.05, 0) is 23.6 Å². The van der Waals surface area contributed by atoms with Gasteiger partial charge in [0.05, 0.1) is 6.61 Å². The van der Waals surface area contributed by atoms with Crippen molar-refractivity contribution in [3.8, 4) is 11.8 Å². The summed E-state index contributed by atoms with van der Waals surface area (Å²) in [5, 5.41) is 11.4. The number of aliphatic hydroxyl groups excluding tert-OH is 1. The van der Waals surface area contributed by atoms with Crippen molar-refractivity contribution >= 4 is 5.91 Å². The molecule has 0 aliphatic rings. The molecule has 3 nitrogen and oxygen atoms in total. The third kappa shape index (κ3) is 6.92. The number of amides is 1. The molecule has 4 heteroatoms. The van der Waals surface area contributed by atoms with Crippen LogP contribution in [0.25, 0.3) is 0 Å². The Bertz CT molecular complexity index is 550. The van der Waals surface area contributed by atoms with Gasteiger partial charge in [0.1, 0.15) is 5.82 Å². The first-order valence-electron chi connectivity index (χ1n) is 6.97. The maximum Gasteiger partial charge on any atom is 0.220 e. The van der Waals surface area contributed by atoms with Crippen molar-refractivity contribution in [3.05, 3.63) is 35.1 Å². The van der Waals surface area contributed by atoms with E-state index in [0.29, 0.717) is 24.0 Å². The largest absolute Gasteiger partial charge is 0.395 e. The molecule has 0 heterocycles. The molecule has 0 aromatic heterocycles. The van der Waals surface area contributed by atoms with E-state index in [1.807, 2.05) is 20.8 Å². The molecular formula is C17H22FNO2. The fourth-order valence-corrected chi connectivity index (χ4v) is 1.75. The van der Waals surface area contributed by atoms with Crippen LogP contribution in [0.3, 0.4) is 0 Å². The minimum Gasteiger partial charge on any atom is -0.395 e. The molecule has 0 spiro atoms. The van der Waals surface area contributed by atoms with E-state index in [2.05, 4.69) is 17.2 Å². The van der Waals surface area contributed by atoms with Crippen LogP contribution in [-0.4, -0.2) is 17.6 Å². The van der Waals surface area contributed by atoms with Crippen molar-refractivity contribution in [1.29, 1.82) is 0 Å². The van der Waals surface area contributed by atoms with Crippen molar-refractivity contribution in [2.24, 2.45) is 5.41 Å². The Kier molecular flexibility index (Phi) is 6.39. The van der Waals surface area contributed by atoms with Gasteiger partial charge in [-0.25, -0.2) is 4.39 Å². The molecule has 0 aliphatic heterocycles. The Balaban J connectivity index is 2.69. The number of hydrogen-bond acceptors (Lipinski definition) is 2. The van der Waals surface area contributed by atoms with Crippen molar-refractivity contribution in [2.45, 2.75) is 40.2 Å². The average Bonchev–Trinajstić information content (AvgIpc) is 2.37. The van der Waals surface area contributed by atoms with Gasteiger partial charge in [0.15, 0.2) is 0 Å². The quantitative estimate of drug-likeness (QED) is 0.838. The van der Waals surface area contributed by atoms with Crippen LogP contribution >= 0.6 is 0 Å². The predicted octanol–water partition coefficient (Wildman–Crippen LogP) is 2.61. The highest BCUT2D eigenvalue weighted by atomic mass is 19.1. The second kappa shape index (κ2) is 7.80. The van der Waals surface area contributed by atoms with Gasteiger partial charge in [0.2, 0.25) is 5.91 Å². The van der Waals surface area contributed by atoms with Gasteiger partial charge in [-0.3, -0.25) is 4.79 Å². The summed E-state index contributed by atoms with van der Waals surface area (Å²) >= 11 is 0. The van der Waals surface area contributed by atoms with Gasteiger partial charge < -0.3 is 10.4 Å². The maximum absolute atomic E-state index is 13.7. The Morgan fingerprint density at radius 1 is 1.38 bits per heavy atom. The highest BCUT2D eigenvalue weighted by Gasteiger charge is 2.15. The number of carbonyl (C=O) groups is 1. The maximum atomic E-state index is 13.7. The van der Waals surface area contributed by atoms with E-state index < -0.39 is 0 Å². The number of benzene rings is 1. The zero-order valence-electron chi connectivity index (χ0n) is 12.8. The third-order valence-corrected chi connectivity index (χ3v) is 2.68. The summed E-state index contributed by atoms with van der Waals surface area (Å²) in [6.07, 6.45) is 0.777. The minimum atomic E-state index is -0.362. The van der Waals surface area contributed by atoms with Crippen LogP contribution in [0.4, 0.5) is 4.39 Å². The fourth-order valence-electron chi connectivity index (χ4n) is 1.75. The lowest BCUT2D eigenvalue weighted by atomic mass is 9.92. The second-order valence-corrected chi connectivity index (χ2v) is 6.10. The number of halogens is 1. The molecule has 0 atom stereocenters. The van der Waals surface area contributed by atoms with Crippen molar-refractivity contribution in [2.75, 3.05) is 6.61 Å². The zero-order valence-corrected chi connectivity index (χ0v) is 12.8. The highest BCUT2D eigenvalue weighted by molar-refractivity contribution is 5.76. The van der Waals surface area contributed by atoms with E-state index in [-0.39, 0.29) is 30.3 Å². The lowest BCUT2D eigenvalue weighted by molar-refractivity contribution is -0.122. The number of aliphatic hydroxyl groups is 1. The number of hydrogen-bond donors (Lipinski definition) is 2. The molecule has 21 heavy (non-hydrogen) atoms. The van der Waals surface area contributed by atoms with Crippen LogP contribution in [0, 0.1) is 23.1 Å². The summed E-state index contributed by atoms with van der Waals surface area (Å²) < 4.78 is 13.7. The van der Waals surface area contributed by atoms with Crippen LogP contribution in [0.2, 0.25) is 0 Å². The van der Waals surface area contributed by atoms with E-state index in [1.54, 1.807) is 12.1 Å². The zero-order chi connectivity index (χ0) is 15.9. The highest BCUT2D eigenvalue weighted by Crippen LogP contribution is 2.18. The number of nitrogens with one attached hydrogen (secondary N) is 1. The van der Waals surface area contributed by atoms with E-state index in [1.165, 1.54) is 6.07 Å². The van der Waals surface area contributed by atoms with Gasteiger partial charge in [0, 0.05) is 30.5 Å². The molecule has 1 amide bonds. The van der Waals surface area contributed by atoms with Gasteiger partial charge in [-0.1, -0.05) is 32.6 Å². The standard InChI is InChI=1S/C17H22FNO2/c1-17(2,3)11-16(21)19-12-14-10-13(6-4-5-9-20)7-8-15(14)18/h7-8,10,20H,5,9,11-12H2,1-3H3,(H,19,21). The molecule has 0 saturated carbocycles. The molecule has 1 aromatic rings. The average molecular weight is 291 g/mol. The van der Waals surface area contributed by atoms with Crippen molar-refractivity contribution < 1.29 is 14.3 Å². The monoisotopic (exact) mass is 291 g/mol. The Labute approximate surface area is 125 Å². The Morgan fingerprint density at radius 3 is 2.71 bits per heavy atom. The number of rotatable bonds is 4. The molecule has 1 aromatic carbocycles. The summed E-state index contributed by atoms with van der Waals surface area (Å²) in [4.78, 5) is 11.7. The van der Waals surface area contributed by atoms with E-state index >= 15 is 0 Å². The van der Waals surface area contributed by atoms with Gasteiger partial charge >= 0.3 is 0 Å². The molecule has 0 bridgehead atoms. The molecule has 0 fully saturated rings. The van der Waals surface area contributed by atoms with Crippen LogP contribution in [0.5, 0.6) is 0 Å². The van der Waals surface area contributed by atoms with Crippen LogP contribution in [-0.2, 0) is 11.3 Å². The van der Waals surface area contributed by atoms with Crippen LogP contribution in [0.15, 0.2) is 18.2 Å². The smallest absolute Gasteiger partial charge is 0.220 e. The first kappa shape index (κ1) is 17.2. The molecule has 0 saturated heterocycles. The van der Waals surface area contributed by atoms with E-state index in [9.17, 15) is 9.18 Å². The van der Waals surface area contributed by atoms with Gasteiger partial charge in [-0.15, -0.1) is 0 Å². The third-order valence-electron chi connectivity index (χ3n) is 2.68. The lowest BCUT2D eigenvalue weighted by Crippen LogP contribution is -2.27. The fraction of sp³-hybridized carbons (Fsp3) is 0.471. The van der Waals surface area contributed by atoms with E-state index in [0.717, 1.165) is 0 Å². The van der Waals surface area contributed by atoms with Crippen LogP contribution in [0.1, 0.15) is 44.7 Å². The Hall–Kier alpha value is -1.86. The molecule has 0 unspecified atom stereocenters. The first-order chi connectivity index (χ1) is 9.81. The minimum absolute atomic E-state index is 0.00388. The topological polar surface area (TPSA) is 49.3 Å². The summed E-state index contributed by atoms with van der Waals surface area (Å²) in [6.45, 7) is 6.08. The summed E-state index contributed by atoms with van der Waals surface area (Å²) in [6, 6.07) is 4.55. The summed E-state index contributed by atoms with van der Waals surface area (Å²) in [5.74, 6) is 5.17. The van der Waals surface area contributed by atoms with E-state index in [4.69, 9.17) is 5.11 Å². The normalized spacial score (nSPS) is 10.7. The molecule has 0 aliphatic carbocycles. The Morgan fingerprint density at radius 2 is 2.10 bits per heavy atom. The molecule has 114 valence electrons. The first-order valence-corrected chi connectivity index (χ1v) is 6.97. The van der Waals surface area contributed by atoms with Gasteiger partial charge in [0.25, 0.3) is 0 Å². The van der Waals surface area contributed by atoms with Gasteiger partial charge in [-0.2, -0.15) is 0 Å². The van der Waals surface area contributed by atoms with Crippen molar-refractivity contribution in [1.82, 2.24) is 5.32 Å². The summed E-state index contributed by atoms with van der Waals surface area (Å²) in [7, 11) is 0. The summed E-state index contributed by atoms with van der Waals surface area (Å²) in [5.41, 5.74) is 0.984. The van der Waals surface area contributed by atoms with Crippen LogP contribution < -0.4 is 5.32 Å².